The molecule has 0 aromatic heterocycles. The summed E-state index contributed by atoms with van der Waals surface area (Å²) in [6.07, 6.45) is 2.12. The van der Waals surface area contributed by atoms with Crippen molar-refractivity contribution in [2.24, 2.45) is 0 Å². The van der Waals surface area contributed by atoms with E-state index in [1.807, 2.05) is 6.07 Å². The number of aryl methyl sites for hydroxylation is 1. The molecule has 3 heteroatoms. The summed E-state index contributed by atoms with van der Waals surface area (Å²) >= 11 is 0. The molecule has 0 unspecified atom stereocenters. The second-order valence-electron chi connectivity index (χ2n) is 4.41. The summed E-state index contributed by atoms with van der Waals surface area (Å²) in [7, 11) is 3.27. The molecular formula is C16H20O3. The van der Waals surface area contributed by atoms with Crippen LogP contribution in [0, 0.1) is 0 Å². The van der Waals surface area contributed by atoms with Crippen LogP contribution in [0.2, 0.25) is 0 Å². The molecule has 0 fully saturated rings. The molecule has 0 bridgehead atoms. The predicted molar refractivity (Wildman–Crippen MR) is 77.0 cm³/mol. The molecule has 0 atom stereocenters. The van der Waals surface area contributed by atoms with E-state index in [4.69, 9.17) is 14.2 Å². The predicted octanol–water partition coefficient (Wildman–Crippen LogP) is 3.78. The quantitative estimate of drug-likeness (QED) is 0.740. The zero-order valence-corrected chi connectivity index (χ0v) is 11.7. The Balaban J connectivity index is 2.62. The number of hydrogen-bond donors (Lipinski definition) is 0. The van der Waals surface area contributed by atoms with E-state index in [0.29, 0.717) is 0 Å². The molecule has 19 heavy (non-hydrogen) atoms. The van der Waals surface area contributed by atoms with Gasteiger partial charge in [-0.05, 0) is 23.4 Å². The van der Waals surface area contributed by atoms with Crippen LogP contribution in [0.15, 0.2) is 30.3 Å². The van der Waals surface area contributed by atoms with E-state index < -0.39 is 0 Å². The molecule has 0 saturated carbocycles. The van der Waals surface area contributed by atoms with Gasteiger partial charge in [-0.2, -0.15) is 0 Å². The monoisotopic (exact) mass is 260 g/mol. The third-order valence-electron chi connectivity index (χ3n) is 3.11. The van der Waals surface area contributed by atoms with E-state index in [-0.39, 0.29) is 6.79 Å². The zero-order valence-electron chi connectivity index (χ0n) is 11.7. The van der Waals surface area contributed by atoms with Gasteiger partial charge in [0.2, 0.25) is 0 Å². The molecular weight excluding hydrogens is 240 g/mol. The minimum atomic E-state index is 0.218. The lowest BCUT2D eigenvalue weighted by Gasteiger charge is -2.15. The average molecular weight is 260 g/mol. The first-order valence-corrected chi connectivity index (χ1v) is 6.52. The highest BCUT2D eigenvalue weighted by atomic mass is 16.7. The van der Waals surface area contributed by atoms with Gasteiger partial charge in [0.25, 0.3) is 0 Å². The van der Waals surface area contributed by atoms with Crippen LogP contribution in [0.5, 0.6) is 11.5 Å². The minimum Gasteiger partial charge on any atom is -0.493 e. The van der Waals surface area contributed by atoms with E-state index in [0.717, 1.165) is 35.1 Å². The van der Waals surface area contributed by atoms with Gasteiger partial charge in [-0.25, -0.2) is 0 Å². The van der Waals surface area contributed by atoms with Crippen molar-refractivity contribution in [2.75, 3.05) is 21.0 Å². The summed E-state index contributed by atoms with van der Waals surface area (Å²) < 4.78 is 16.1. The zero-order chi connectivity index (χ0) is 13.7. The Morgan fingerprint density at radius 3 is 2.58 bits per heavy atom. The Kier molecular flexibility index (Phi) is 4.63. The van der Waals surface area contributed by atoms with Gasteiger partial charge in [-0.15, -0.1) is 0 Å². The molecule has 102 valence electrons. The van der Waals surface area contributed by atoms with Crippen molar-refractivity contribution in [3.8, 4) is 11.5 Å². The van der Waals surface area contributed by atoms with Crippen LogP contribution in [0.1, 0.15) is 18.9 Å². The Bertz CT molecular complexity index is 549. The molecule has 2 aromatic rings. The molecule has 0 saturated heterocycles. The Morgan fingerprint density at radius 2 is 1.89 bits per heavy atom. The molecule has 0 spiro atoms. The third kappa shape index (κ3) is 2.82. The SMILES string of the molecule is CCCc1cccc2ccc(OC)c(OCOC)c12. The minimum absolute atomic E-state index is 0.218. The van der Waals surface area contributed by atoms with Gasteiger partial charge in [0.15, 0.2) is 18.3 Å². The fourth-order valence-corrected chi connectivity index (χ4v) is 2.30. The molecule has 0 aliphatic rings. The molecule has 0 aliphatic heterocycles. The molecule has 2 aromatic carbocycles. The van der Waals surface area contributed by atoms with E-state index >= 15 is 0 Å². The molecule has 0 radical (unpaired) electrons. The summed E-state index contributed by atoms with van der Waals surface area (Å²) in [5, 5.41) is 2.29. The normalized spacial score (nSPS) is 10.7. The lowest BCUT2D eigenvalue weighted by molar-refractivity contribution is 0.0503. The summed E-state index contributed by atoms with van der Waals surface area (Å²) in [5.74, 6) is 1.51. The van der Waals surface area contributed by atoms with Crippen molar-refractivity contribution in [3.05, 3.63) is 35.9 Å². The average Bonchev–Trinajstić information content (AvgIpc) is 2.45. The van der Waals surface area contributed by atoms with E-state index in [1.165, 1.54) is 5.56 Å². The van der Waals surface area contributed by atoms with Crippen molar-refractivity contribution in [3.63, 3.8) is 0 Å². The van der Waals surface area contributed by atoms with Crippen LogP contribution in [0.4, 0.5) is 0 Å². The summed E-state index contributed by atoms with van der Waals surface area (Å²) in [4.78, 5) is 0. The molecule has 0 aliphatic carbocycles. The van der Waals surface area contributed by atoms with E-state index in [1.54, 1.807) is 14.2 Å². The Labute approximate surface area is 114 Å². The largest absolute Gasteiger partial charge is 0.493 e. The first-order chi connectivity index (χ1) is 9.31. The van der Waals surface area contributed by atoms with E-state index in [2.05, 4.69) is 31.2 Å². The second-order valence-corrected chi connectivity index (χ2v) is 4.41. The van der Waals surface area contributed by atoms with Crippen molar-refractivity contribution in [1.29, 1.82) is 0 Å². The number of benzene rings is 2. The lowest BCUT2D eigenvalue weighted by Crippen LogP contribution is -2.02. The number of hydrogen-bond acceptors (Lipinski definition) is 3. The number of methoxy groups -OCH3 is 2. The maximum absolute atomic E-state index is 5.73. The topological polar surface area (TPSA) is 27.7 Å². The highest BCUT2D eigenvalue weighted by Crippen LogP contribution is 2.38. The summed E-state index contributed by atoms with van der Waals surface area (Å²) in [6.45, 7) is 2.39. The highest BCUT2D eigenvalue weighted by molar-refractivity contribution is 5.93. The molecule has 3 nitrogen and oxygen atoms in total. The van der Waals surface area contributed by atoms with Crippen LogP contribution >= 0.6 is 0 Å². The first kappa shape index (κ1) is 13.7. The summed E-state index contributed by atoms with van der Waals surface area (Å²) in [6, 6.07) is 10.3. The van der Waals surface area contributed by atoms with Crippen LogP contribution in [0.3, 0.4) is 0 Å². The van der Waals surface area contributed by atoms with Crippen molar-refractivity contribution in [2.45, 2.75) is 19.8 Å². The lowest BCUT2D eigenvalue weighted by atomic mass is 10.00. The number of rotatable bonds is 6. The standard InChI is InChI=1S/C16H20O3/c1-4-6-12-7-5-8-13-9-10-14(18-3)16(15(12)13)19-11-17-2/h5,7-10H,4,6,11H2,1-3H3. The highest BCUT2D eigenvalue weighted by Gasteiger charge is 2.13. The summed E-state index contributed by atoms with van der Waals surface area (Å²) in [5.41, 5.74) is 1.28. The molecule has 0 N–H and O–H groups in total. The molecule has 0 amide bonds. The van der Waals surface area contributed by atoms with E-state index in [9.17, 15) is 0 Å². The fourth-order valence-electron chi connectivity index (χ4n) is 2.30. The number of ether oxygens (including phenoxy) is 3. The fraction of sp³-hybridized carbons (Fsp3) is 0.375. The van der Waals surface area contributed by atoms with Gasteiger partial charge in [-0.1, -0.05) is 37.6 Å². The van der Waals surface area contributed by atoms with Gasteiger partial charge in [0, 0.05) is 12.5 Å². The van der Waals surface area contributed by atoms with Crippen LogP contribution in [0.25, 0.3) is 10.8 Å². The van der Waals surface area contributed by atoms with Gasteiger partial charge in [0.05, 0.1) is 7.11 Å². The Hall–Kier alpha value is -1.74. The van der Waals surface area contributed by atoms with Gasteiger partial charge < -0.3 is 14.2 Å². The van der Waals surface area contributed by atoms with Gasteiger partial charge >= 0.3 is 0 Å². The van der Waals surface area contributed by atoms with Crippen LogP contribution < -0.4 is 9.47 Å². The van der Waals surface area contributed by atoms with Crippen molar-refractivity contribution in [1.82, 2.24) is 0 Å². The smallest absolute Gasteiger partial charge is 0.188 e. The van der Waals surface area contributed by atoms with Crippen molar-refractivity contribution >= 4 is 10.8 Å². The maximum atomic E-state index is 5.73. The molecule has 2 rings (SSSR count). The van der Waals surface area contributed by atoms with Crippen LogP contribution in [-0.2, 0) is 11.2 Å². The van der Waals surface area contributed by atoms with Gasteiger partial charge in [0.1, 0.15) is 0 Å². The Morgan fingerprint density at radius 1 is 1.05 bits per heavy atom. The van der Waals surface area contributed by atoms with Crippen molar-refractivity contribution < 1.29 is 14.2 Å². The molecule has 0 heterocycles. The van der Waals surface area contributed by atoms with Gasteiger partial charge in [-0.3, -0.25) is 0 Å². The third-order valence-corrected chi connectivity index (χ3v) is 3.11. The first-order valence-electron chi connectivity index (χ1n) is 6.52. The second kappa shape index (κ2) is 6.43. The van der Waals surface area contributed by atoms with Crippen LogP contribution in [-0.4, -0.2) is 21.0 Å². The number of fused-ring (bicyclic) bond motifs is 1. The maximum Gasteiger partial charge on any atom is 0.188 e.